The fourth-order valence-corrected chi connectivity index (χ4v) is 3.05. The van der Waals surface area contributed by atoms with Gasteiger partial charge in [0.1, 0.15) is 5.54 Å². The maximum atomic E-state index is 12.3. The van der Waals surface area contributed by atoms with Crippen LogP contribution in [0.5, 0.6) is 0 Å². The molecular formula is C15H20ClN3O2. The number of nitrogens with two attached hydrogens (primary N) is 1. The van der Waals surface area contributed by atoms with Gasteiger partial charge in [0.2, 0.25) is 5.91 Å². The van der Waals surface area contributed by atoms with Gasteiger partial charge in [-0.05, 0) is 30.5 Å². The first-order chi connectivity index (χ1) is 10.1. The summed E-state index contributed by atoms with van der Waals surface area (Å²) in [5.74, 6) is -0.0626. The Kier molecular flexibility index (Phi) is 5.07. The van der Waals surface area contributed by atoms with Crippen LogP contribution in [-0.2, 0) is 11.2 Å². The number of carbonyl (C=O) groups excluding carboxylic acids is 1. The lowest BCUT2D eigenvalue weighted by molar-refractivity contribution is -0.122. The van der Waals surface area contributed by atoms with Crippen molar-refractivity contribution in [2.45, 2.75) is 44.1 Å². The van der Waals surface area contributed by atoms with Gasteiger partial charge in [-0.1, -0.05) is 48.2 Å². The molecule has 0 aromatic heterocycles. The number of hydrogen-bond acceptors (Lipinski definition) is 3. The molecule has 0 heterocycles. The molecule has 1 aliphatic rings. The number of amides is 1. The van der Waals surface area contributed by atoms with Gasteiger partial charge >= 0.3 is 0 Å². The third-order valence-electron chi connectivity index (χ3n) is 3.94. The Morgan fingerprint density at radius 3 is 2.71 bits per heavy atom. The Balaban J connectivity index is 2.08. The molecule has 5 nitrogen and oxygen atoms in total. The van der Waals surface area contributed by atoms with E-state index in [1.54, 1.807) is 12.1 Å². The molecule has 0 bridgehead atoms. The van der Waals surface area contributed by atoms with Crippen molar-refractivity contribution >= 4 is 23.3 Å². The van der Waals surface area contributed by atoms with E-state index in [1.165, 1.54) is 0 Å². The SMILES string of the molecule is NC(=NO)C1(NC(=O)Cc2cccc(Cl)c2)CCCCC1. The van der Waals surface area contributed by atoms with Gasteiger partial charge in [0.05, 0.1) is 6.42 Å². The molecule has 0 saturated heterocycles. The van der Waals surface area contributed by atoms with Gasteiger partial charge in [-0.25, -0.2) is 0 Å². The van der Waals surface area contributed by atoms with Crippen LogP contribution in [0, 0.1) is 0 Å². The van der Waals surface area contributed by atoms with Crippen molar-refractivity contribution in [1.82, 2.24) is 5.32 Å². The van der Waals surface area contributed by atoms with E-state index in [1.807, 2.05) is 12.1 Å². The highest BCUT2D eigenvalue weighted by Crippen LogP contribution is 2.28. The van der Waals surface area contributed by atoms with Crippen molar-refractivity contribution in [3.63, 3.8) is 0 Å². The quantitative estimate of drug-likeness (QED) is 0.345. The molecular weight excluding hydrogens is 290 g/mol. The molecule has 1 aliphatic carbocycles. The standard InChI is InChI=1S/C15H20ClN3O2/c16-12-6-4-5-11(9-12)10-13(20)18-15(14(17)19-21)7-2-1-3-8-15/h4-6,9,21H,1-3,7-8,10H2,(H2,17,19)(H,18,20). The summed E-state index contributed by atoms with van der Waals surface area (Å²) in [5.41, 5.74) is 5.93. The monoisotopic (exact) mass is 309 g/mol. The predicted molar refractivity (Wildman–Crippen MR) is 82.5 cm³/mol. The van der Waals surface area contributed by atoms with Crippen LogP contribution in [-0.4, -0.2) is 22.5 Å². The Labute approximate surface area is 129 Å². The van der Waals surface area contributed by atoms with Crippen molar-refractivity contribution in [2.24, 2.45) is 10.9 Å². The lowest BCUT2D eigenvalue weighted by Crippen LogP contribution is -2.58. The molecule has 0 spiro atoms. The first kappa shape index (κ1) is 15.6. The van der Waals surface area contributed by atoms with E-state index in [2.05, 4.69) is 10.5 Å². The molecule has 1 aromatic rings. The number of nitrogens with one attached hydrogen (secondary N) is 1. The van der Waals surface area contributed by atoms with Gasteiger partial charge in [0, 0.05) is 5.02 Å². The summed E-state index contributed by atoms with van der Waals surface area (Å²) >= 11 is 5.92. The van der Waals surface area contributed by atoms with E-state index in [9.17, 15) is 4.79 Å². The maximum absolute atomic E-state index is 12.3. The first-order valence-electron chi connectivity index (χ1n) is 7.09. The van der Waals surface area contributed by atoms with Crippen LogP contribution in [0.4, 0.5) is 0 Å². The zero-order chi connectivity index (χ0) is 15.3. The molecule has 4 N–H and O–H groups in total. The maximum Gasteiger partial charge on any atom is 0.225 e. The molecule has 0 aliphatic heterocycles. The molecule has 6 heteroatoms. The fourth-order valence-electron chi connectivity index (χ4n) is 2.84. The molecule has 1 aromatic carbocycles. The number of benzene rings is 1. The van der Waals surface area contributed by atoms with Gasteiger partial charge in [-0.3, -0.25) is 4.79 Å². The van der Waals surface area contributed by atoms with E-state index in [-0.39, 0.29) is 18.2 Å². The topological polar surface area (TPSA) is 87.7 Å². The summed E-state index contributed by atoms with van der Waals surface area (Å²) in [7, 11) is 0. The molecule has 21 heavy (non-hydrogen) atoms. The van der Waals surface area contributed by atoms with Crippen molar-refractivity contribution < 1.29 is 10.0 Å². The Bertz CT molecular complexity index is 539. The van der Waals surface area contributed by atoms with E-state index < -0.39 is 5.54 Å². The second kappa shape index (κ2) is 6.80. The van der Waals surface area contributed by atoms with Crippen LogP contribution in [0.1, 0.15) is 37.7 Å². The summed E-state index contributed by atoms with van der Waals surface area (Å²) in [6.45, 7) is 0. The number of hydrogen-bond donors (Lipinski definition) is 3. The van der Waals surface area contributed by atoms with Gasteiger partial charge in [0.15, 0.2) is 5.84 Å². The second-order valence-electron chi connectivity index (χ2n) is 5.48. The normalized spacial score (nSPS) is 18.2. The number of nitrogens with zero attached hydrogens (tertiary/aromatic N) is 1. The van der Waals surface area contributed by atoms with Crippen LogP contribution in [0.3, 0.4) is 0 Å². The summed E-state index contributed by atoms with van der Waals surface area (Å²) in [6.07, 6.45) is 4.63. The molecule has 114 valence electrons. The Morgan fingerprint density at radius 2 is 2.10 bits per heavy atom. The van der Waals surface area contributed by atoms with E-state index >= 15 is 0 Å². The minimum absolute atomic E-state index is 0.0849. The highest BCUT2D eigenvalue weighted by Gasteiger charge is 2.37. The third-order valence-corrected chi connectivity index (χ3v) is 4.17. The summed E-state index contributed by atoms with van der Waals surface area (Å²) in [5, 5.41) is 15.7. The second-order valence-corrected chi connectivity index (χ2v) is 5.92. The number of carbonyl (C=O) groups is 1. The van der Waals surface area contributed by atoms with Crippen LogP contribution < -0.4 is 11.1 Å². The molecule has 0 atom stereocenters. The van der Waals surface area contributed by atoms with Gasteiger partial charge < -0.3 is 16.3 Å². The van der Waals surface area contributed by atoms with Crippen LogP contribution in [0.25, 0.3) is 0 Å². The van der Waals surface area contributed by atoms with Gasteiger partial charge in [0.25, 0.3) is 0 Å². The highest BCUT2D eigenvalue weighted by atomic mass is 35.5. The lowest BCUT2D eigenvalue weighted by atomic mass is 9.80. The molecule has 1 saturated carbocycles. The number of rotatable bonds is 4. The van der Waals surface area contributed by atoms with Crippen molar-refractivity contribution in [3.8, 4) is 0 Å². The summed E-state index contributed by atoms with van der Waals surface area (Å²) < 4.78 is 0. The van der Waals surface area contributed by atoms with Crippen molar-refractivity contribution in [3.05, 3.63) is 34.9 Å². The smallest absolute Gasteiger partial charge is 0.225 e. The van der Waals surface area contributed by atoms with E-state index in [4.69, 9.17) is 22.5 Å². The minimum atomic E-state index is -0.720. The van der Waals surface area contributed by atoms with Gasteiger partial charge in [-0.2, -0.15) is 0 Å². The number of amidine groups is 1. The third kappa shape index (κ3) is 3.88. The molecule has 1 amide bonds. The highest BCUT2D eigenvalue weighted by molar-refractivity contribution is 6.30. The number of oxime groups is 1. The lowest BCUT2D eigenvalue weighted by Gasteiger charge is -2.36. The van der Waals surface area contributed by atoms with Crippen LogP contribution in [0.2, 0.25) is 5.02 Å². The predicted octanol–water partition coefficient (Wildman–Crippen LogP) is 2.45. The fraction of sp³-hybridized carbons (Fsp3) is 0.467. The minimum Gasteiger partial charge on any atom is -0.409 e. The Hall–Kier alpha value is -1.75. The van der Waals surface area contributed by atoms with Crippen LogP contribution >= 0.6 is 11.6 Å². The van der Waals surface area contributed by atoms with E-state index in [0.717, 1.165) is 24.8 Å². The average Bonchev–Trinajstić information content (AvgIpc) is 2.47. The zero-order valence-corrected chi connectivity index (χ0v) is 12.6. The average molecular weight is 310 g/mol. The molecule has 1 fully saturated rings. The van der Waals surface area contributed by atoms with Crippen molar-refractivity contribution in [2.75, 3.05) is 0 Å². The molecule has 0 unspecified atom stereocenters. The van der Waals surface area contributed by atoms with E-state index in [0.29, 0.717) is 17.9 Å². The molecule has 0 radical (unpaired) electrons. The number of halogens is 1. The first-order valence-corrected chi connectivity index (χ1v) is 7.47. The molecule has 2 rings (SSSR count). The van der Waals surface area contributed by atoms with Crippen LogP contribution in [0.15, 0.2) is 29.4 Å². The summed E-state index contributed by atoms with van der Waals surface area (Å²) in [4.78, 5) is 12.3. The van der Waals surface area contributed by atoms with Gasteiger partial charge in [-0.15, -0.1) is 0 Å². The zero-order valence-electron chi connectivity index (χ0n) is 11.8. The largest absolute Gasteiger partial charge is 0.409 e. The Morgan fingerprint density at radius 1 is 1.38 bits per heavy atom. The summed E-state index contributed by atoms with van der Waals surface area (Å²) in [6, 6.07) is 7.19. The van der Waals surface area contributed by atoms with Crippen molar-refractivity contribution in [1.29, 1.82) is 0 Å².